The van der Waals surface area contributed by atoms with Crippen molar-refractivity contribution >= 4 is 11.7 Å². The van der Waals surface area contributed by atoms with Crippen LogP contribution in [0.4, 0.5) is 0 Å². The minimum atomic E-state index is -0.450. The Labute approximate surface area is 112 Å². The van der Waals surface area contributed by atoms with Gasteiger partial charge in [0.15, 0.2) is 5.78 Å². The van der Waals surface area contributed by atoms with Crippen molar-refractivity contribution in [1.82, 2.24) is 0 Å². The Balaban J connectivity index is 2.10. The molecule has 0 fully saturated rings. The fraction of sp³-hybridized carbons (Fsp3) is 0.125. The number of benzene rings is 2. The summed E-state index contributed by atoms with van der Waals surface area (Å²) in [6.07, 6.45) is 0.263. The van der Waals surface area contributed by atoms with E-state index in [0.29, 0.717) is 5.56 Å². The quantitative estimate of drug-likeness (QED) is 0.833. The van der Waals surface area contributed by atoms with Crippen molar-refractivity contribution in [3.63, 3.8) is 0 Å². The van der Waals surface area contributed by atoms with Gasteiger partial charge in [0.05, 0.1) is 0 Å². The SMILES string of the molecule is NC(=O)CCC(=O)c1ccc(-c2ccccc2)cc1. The summed E-state index contributed by atoms with van der Waals surface area (Å²) >= 11 is 0. The van der Waals surface area contributed by atoms with E-state index in [9.17, 15) is 9.59 Å². The zero-order valence-corrected chi connectivity index (χ0v) is 10.5. The van der Waals surface area contributed by atoms with Crippen molar-refractivity contribution in [2.45, 2.75) is 12.8 Å². The first kappa shape index (κ1) is 13.0. The largest absolute Gasteiger partial charge is 0.370 e. The summed E-state index contributed by atoms with van der Waals surface area (Å²) in [6, 6.07) is 17.3. The minimum absolute atomic E-state index is 0.0570. The van der Waals surface area contributed by atoms with E-state index in [1.165, 1.54) is 0 Å². The number of ketones is 1. The number of hydrogen-bond acceptors (Lipinski definition) is 2. The Morgan fingerprint density at radius 3 is 1.95 bits per heavy atom. The van der Waals surface area contributed by atoms with Crippen LogP contribution in [-0.4, -0.2) is 11.7 Å². The number of rotatable bonds is 5. The molecule has 0 aliphatic heterocycles. The number of amides is 1. The number of carbonyl (C=O) groups excluding carboxylic acids is 2. The van der Waals surface area contributed by atoms with Crippen LogP contribution < -0.4 is 5.73 Å². The van der Waals surface area contributed by atoms with Gasteiger partial charge in [-0.1, -0.05) is 54.6 Å². The van der Waals surface area contributed by atoms with Gasteiger partial charge < -0.3 is 5.73 Å². The minimum Gasteiger partial charge on any atom is -0.370 e. The van der Waals surface area contributed by atoms with E-state index in [4.69, 9.17) is 5.73 Å². The first-order valence-corrected chi connectivity index (χ1v) is 6.14. The molecular weight excluding hydrogens is 238 g/mol. The average molecular weight is 253 g/mol. The van der Waals surface area contributed by atoms with Crippen LogP contribution in [0.1, 0.15) is 23.2 Å². The van der Waals surface area contributed by atoms with Crippen LogP contribution in [0.15, 0.2) is 54.6 Å². The smallest absolute Gasteiger partial charge is 0.217 e. The van der Waals surface area contributed by atoms with Crippen molar-refractivity contribution in [2.24, 2.45) is 5.73 Å². The second-order valence-corrected chi connectivity index (χ2v) is 4.33. The number of hydrogen-bond donors (Lipinski definition) is 1. The Bertz CT molecular complexity index is 573. The number of Topliss-reactive ketones (excluding diaryl/α,β-unsaturated/α-hetero) is 1. The summed E-state index contributed by atoms with van der Waals surface area (Å²) in [7, 11) is 0. The van der Waals surface area contributed by atoms with Gasteiger partial charge in [-0.15, -0.1) is 0 Å². The molecule has 0 unspecified atom stereocenters. The molecule has 0 aromatic heterocycles. The second-order valence-electron chi connectivity index (χ2n) is 4.33. The van der Waals surface area contributed by atoms with E-state index in [0.717, 1.165) is 11.1 Å². The van der Waals surface area contributed by atoms with Crippen LogP contribution in [0.5, 0.6) is 0 Å². The van der Waals surface area contributed by atoms with Crippen molar-refractivity contribution in [2.75, 3.05) is 0 Å². The third-order valence-electron chi connectivity index (χ3n) is 2.91. The molecule has 2 N–H and O–H groups in total. The highest BCUT2D eigenvalue weighted by Gasteiger charge is 2.07. The number of nitrogens with two attached hydrogens (primary N) is 1. The lowest BCUT2D eigenvalue weighted by Gasteiger charge is -2.03. The monoisotopic (exact) mass is 253 g/mol. The third-order valence-corrected chi connectivity index (χ3v) is 2.91. The molecule has 0 radical (unpaired) electrons. The van der Waals surface area contributed by atoms with Crippen LogP contribution >= 0.6 is 0 Å². The highest BCUT2D eigenvalue weighted by Crippen LogP contribution is 2.19. The highest BCUT2D eigenvalue weighted by atomic mass is 16.1. The lowest BCUT2D eigenvalue weighted by atomic mass is 10.0. The summed E-state index contributed by atoms with van der Waals surface area (Å²) in [5, 5.41) is 0. The van der Waals surface area contributed by atoms with Gasteiger partial charge in [0, 0.05) is 18.4 Å². The Hall–Kier alpha value is -2.42. The normalized spacial score (nSPS) is 10.1. The van der Waals surface area contributed by atoms with E-state index in [1.807, 2.05) is 42.5 Å². The molecule has 2 aromatic rings. The molecule has 1 amide bonds. The van der Waals surface area contributed by atoms with Crippen molar-refractivity contribution in [3.05, 3.63) is 60.2 Å². The fourth-order valence-electron chi connectivity index (χ4n) is 1.86. The van der Waals surface area contributed by atoms with Gasteiger partial charge in [0.2, 0.25) is 5.91 Å². The van der Waals surface area contributed by atoms with E-state index in [1.54, 1.807) is 12.1 Å². The lowest BCUT2D eigenvalue weighted by molar-refractivity contribution is -0.118. The summed E-state index contributed by atoms with van der Waals surface area (Å²) in [6.45, 7) is 0. The van der Waals surface area contributed by atoms with E-state index >= 15 is 0 Å². The van der Waals surface area contributed by atoms with Crippen LogP contribution in [0.3, 0.4) is 0 Å². The lowest BCUT2D eigenvalue weighted by Crippen LogP contribution is -2.12. The fourth-order valence-corrected chi connectivity index (χ4v) is 1.86. The van der Waals surface area contributed by atoms with E-state index < -0.39 is 5.91 Å². The third kappa shape index (κ3) is 3.52. The predicted octanol–water partition coefficient (Wildman–Crippen LogP) is 2.80. The molecule has 19 heavy (non-hydrogen) atoms. The maximum Gasteiger partial charge on any atom is 0.217 e. The number of carbonyl (C=O) groups is 2. The van der Waals surface area contributed by atoms with E-state index in [2.05, 4.69) is 0 Å². The molecule has 0 heterocycles. The Kier molecular flexibility index (Phi) is 4.08. The molecule has 0 spiro atoms. The molecule has 0 saturated heterocycles. The van der Waals surface area contributed by atoms with Crippen molar-refractivity contribution < 1.29 is 9.59 Å². The van der Waals surface area contributed by atoms with Gasteiger partial charge in [-0.25, -0.2) is 0 Å². The predicted molar refractivity (Wildman–Crippen MR) is 74.6 cm³/mol. The van der Waals surface area contributed by atoms with Crippen LogP contribution in [-0.2, 0) is 4.79 Å². The molecule has 3 heteroatoms. The zero-order chi connectivity index (χ0) is 13.7. The molecule has 0 aliphatic rings. The molecule has 0 saturated carbocycles. The molecule has 0 atom stereocenters. The second kappa shape index (κ2) is 5.96. The maximum absolute atomic E-state index is 11.8. The summed E-state index contributed by atoms with van der Waals surface area (Å²) < 4.78 is 0. The average Bonchev–Trinajstić information content (AvgIpc) is 2.46. The van der Waals surface area contributed by atoms with Crippen LogP contribution in [0.2, 0.25) is 0 Å². The van der Waals surface area contributed by atoms with Gasteiger partial charge in [-0.05, 0) is 11.1 Å². The van der Waals surface area contributed by atoms with Crippen molar-refractivity contribution in [3.8, 4) is 11.1 Å². The molecule has 0 bridgehead atoms. The molecule has 0 aliphatic carbocycles. The van der Waals surface area contributed by atoms with E-state index in [-0.39, 0.29) is 18.6 Å². The van der Waals surface area contributed by atoms with Gasteiger partial charge in [-0.3, -0.25) is 9.59 Å². The molecule has 3 nitrogen and oxygen atoms in total. The number of primary amides is 1. The zero-order valence-electron chi connectivity index (χ0n) is 10.5. The standard InChI is InChI=1S/C16H15NO2/c17-16(19)11-10-15(18)14-8-6-13(7-9-14)12-4-2-1-3-5-12/h1-9H,10-11H2,(H2,17,19). The van der Waals surface area contributed by atoms with Gasteiger partial charge in [0.1, 0.15) is 0 Å². The summed E-state index contributed by atoms with van der Waals surface area (Å²) in [4.78, 5) is 22.4. The highest BCUT2D eigenvalue weighted by molar-refractivity contribution is 5.98. The van der Waals surface area contributed by atoms with Gasteiger partial charge >= 0.3 is 0 Å². The maximum atomic E-state index is 11.8. The Morgan fingerprint density at radius 1 is 0.789 bits per heavy atom. The van der Waals surface area contributed by atoms with Gasteiger partial charge in [-0.2, -0.15) is 0 Å². The first-order chi connectivity index (χ1) is 9.16. The Morgan fingerprint density at radius 2 is 1.37 bits per heavy atom. The first-order valence-electron chi connectivity index (χ1n) is 6.14. The van der Waals surface area contributed by atoms with Gasteiger partial charge in [0.25, 0.3) is 0 Å². The molecule has 96 valence electrons. The van der Waals surface area contributed by atoms with Crippen molar-refractivity contribution in [1.29, 1.82) is 0 Å². The van der Waals surface area contributed by atoms with Crippen LogP contribution in [0.25, 0.3) is 11.1 Å². The van der Waals surface area contributed by atoms with Crippen LogP contribution in [0, 0.1) is 0 Å². The molecule has 2 aromatic carbocycles. The molecular formula is C16H15NO2. The topological polar surface area (TPSA) is 60.2 Å². The summed E-state index contributed by atoms with van der Waals surface area (Å²) in [5.41, 5.74) is 7.81. The molecule has 2 rings (SSSR count). The summed E-state index contributed by atoms with van der Waals surface area (Å²) in [5.74, 6) is -0.507.